The lowest BCUT2D eigenvalue weighted by Crippen LogP contribution is -1.93. The number of aromatic hydroxyl groups is 1. The Bertz CT molecular complexity index is 233. The molecular formula is C10H14AlO. The maximum absolute atomic E-state index is 9.36. The fourth-order valence-corrected chi connectivity index (χ4v) is 1.12. The van der Waals surface area contributed by atoms with E-state index in [1.165, 1.54) is 0 Å². The molecule has 1 nitrogen and oxygen atoms in total. The van der Waals surface area contributed by atoms with E-state index in [1.54, 1.807) is 6.07 Å². The van der Waals surface area contributed by atoms with Gasteiger partial charge in [0.05, 0.1) is 0 Å². The molecule has 1 aromatic rings. The zero-order chi connectivity index (χ0) is 8.27. The molecule has 12 heavy (non-hydrogen) atoms. The smallest absolute Gasteiger partial charge is 0.118 e. The summed E-state index contributed by atoms with van der Waals surface area (Å²) in [6.45, 7) is 4.29. The van der Waals surface area contributed by atoms with Gasteiger partial charge in [0.25, 0.3) is 0 Å². The van der Waals surface area contributed by atoms with Crippen LogP contribution in [0.3, 0.4) is 0 Å². The van der Waals surface area contributed by atoms with Crippen LogP contribution in [0.4, 0.5) is 0 Å². The average Bonchev–Trinajstić information content (AvgIpc) is 1.93. The van der Waals surface area contributed by atoms with Crippen LogP contribution in [-0.2, 0) is 6.42 Å². The zero-order valence-electron chi connectivity index (χ0n) is 7.62. The molecule has 0 atom stereocenters. The summed E-state index contributed by atoms with van der Waals surface area (Å²) >= 11 is 0. The first-order valence-electron chi connectivity index (χ1n) is 3.97. The van der Waals surface area contributed by atoms with Crippen LogP contribution in [0.15, 0.2) is 24.3 Å². The predicted molar refractivity (Wildman–Crippen MR) is 52.4 cm³/mol. The molecule has 0 aromatic heterocycles. The lowest BCUT2D eigenvalue weighted by Gasteiger charge is -2.05. The minimum atomic E-state index is 0. The number of para-hydroxylation sites is 1. The van der Waals surface area contributed by atoms with E-state index in [1.807, 2.05) is 18.2 Å². The van der Waals surface area contributed by atoms with E-state index < -0.39 is 0 Å². The number of hydrogen-bond donors (Lipinski definition) is 1. The predicted octanol–water partition coefficient (Wildman–Crippen LogP) is 2.21. The van der Waals surface area contributed by atoms with Gasteiger partial charge >= 0.3 is 0 Å². The molecule has 0 aliphatic heterocycles. The molecule has 63 valence electrons. The largest absolute Gasteiger partial charge is 0.508 e. The third-order valence-corrected chi connectivity index (χ3v) is 1.62. The summed E-state index contributed by atoms with van der Waals surface area (Å²) in [5, 5.41) is 9.36. The van der Waals surface area contributed by atoms with Gasteiger partial charge in [-0.15, -0.1) is 0 Å². The molecule has 0 saturated heterocycles. The number of rotatable bonds is 2. The van der Waals surface area contributed by atoms with E-state index >= 15 is 0 Å². The summed E-state index contributed by atoms with van der Waals surface area (Å²) < 4.78 is 0. The van der Waals surface area contributed by atoms with Gasteiger partial charge in [-0.25, -0.2) is 0 Å². The number of hydrogen-bond acceptors (Lipinski definition) is 1. The van der Waals surface area contributed by atoms with Crippen LogP contribution in [0.1, 0.15) is 19.4 Å². The third-order valence-electron chi connectivity index (χ3n) is 1.62. The molecule has 1 N–H and O–H groups in total. The Kier molecular flexibility index (Phi) is 5.05. The second-order valence-electron chi connectivity index (χ2n) is 3.23. The molecule has 0 saturated carbocycles. The third kappa shape index (κ3) is 3.30. The molecule has 0 spiro atoms. The van der Waals surface area contributed by atoms with Crippen molar-refractivity contribution in [3.8, 4) is 5.75 Å². The van der Waals surface area contributed by atoms with E-state index in [0.717, 1.165) is 12.0 Å². The van der Waals surface area contributed by atoms with Gasteiger partial charge in [0.15, 0.2) is 0 Å². The minimum Gasteiger partial charge on any atom is -0.508 e. The van der Waals surface area contributed by atoms with Crippen molar-refractivity contribution in [2.75, 3.05) is 0 Å². The highest BCUT2D eigenvalue weighted by molar-refractivity contribution is 5.75. The minimum absolute atomic E-state index is 0. The first-order valence-corrected chi connectivity index (χ1v) is 3.97. The molecular weight excluding hydrogens is 163 g/mol. The SMILES string of the molecule is CC(C)Cc1ccccc1O.[Al]. The summed E-state index contributed by atoms with van der Waals surface area (Å²) in [6, 6.07) is 7.50. The topological polar surface area (TPSA) is 20.2 Å². The van der Waals surface area contributed by atoms with Crippen LogP contribution < -0.4 is 0 Å². The number of phenols is 1. The van der Waals surface area contributed by atoms with Gasteiger partial charge in [0, 0.05) is 17.4 Å². The molecule has 0 bridgehead atoms. The van der Waals surface area contributed by atoms with Crippen molar-refractivity contribution in [1.29, 1.82) is 0 Å². The summed E-state index contributed by atoms with van der Waals surface area (Å²) in [4.78, 5) is 0. The fourth-order valence-electron chi connectivity index (χ4n) is 1.12. The normalized spacial score (nSPS) is 9.58. The van der Waals surface area contributed by atoms with Crippen molar-refractivity contribution in [2.24, 2.45) is 5.92 Å². The van der Waals surface area contributed by atoms with Crippen LogP contribution in [0.5, 0.6) is 5.75 Å². The van der Waals surface area contributed by atoms with Crippen molar-refractivity contribution in [3.63, 3.8) is 0 Å². The monoisotopic (exact) mass is 177 g/mol. The van der Waals surface area contributed by atoms with Crippen molar-refractivity contribution in [1.82, 2.24) is 0 Å². The highest BCUT2D eigenvalue weighted by Crippen LogP contribution is 2.18. The maximum Gasteiger partial charge on any atom is 0.118 e. The van der Waals surface area contributed by atoms with Gasteiger partial charge in [0.2, 0.25) is 0 Å². The van der Waals surface area contributed by atoms with Gasteiger partial charge in [-0.05, 0) is 24.0 Å². The Hall–Kier alpha value is -0.448. The lowest BCUT2D eigenvalue weighted by atomic mass is 10.0. The molecule has 1 rings (SSSR count). The molecule has 0 aliphatic rings. The van der Waals surface area contributed by atoms with Crippen molar-refractivity contribution >= 4 is 17.4 Å². The second kappa shape index (κ2) is 5.24. The van der Waals surface area contributed by atoms with E-state index in [4.69, 9.17) is 0 Å². The molecule has 0 heterocycles. The Morgan fingerprint density at radius 1 is 1.25 bits per heavy atom. The van der Waals surface area contributed by atoms with Crippen molar-refractivity contribution in [3.05, 3.63) is 29.8 Å². The Labute approximate surface area is 84.6 Å². The standard InChI is InChI=1S/C10H14O.Al/c1-8(2)7-9-5-3-4-6-10(9)11;/h3-6,8,11H,7H2,1-2H3;. The maximum atomic E-state index is 9.36. The second-order valence-corrected chi connectivity index (χ2v) is 3.23. The summed E-state index contributed by atoms with van der Waals surface area (Å²) in [7, 11) is 0. The van der Waals surface area contributed by atoms with Crippen LogP contribution in [0.2, 0.25) is 0 Å². The molecule has 0 aliphatic carbocycles. The van der Waals surface area contributed by atoms with Crippen LogP contribution >= 0.6 is 0 Å². The molecule has 1 aromatic carbocycles. The highest BCUT2D eigenvalue weighted by atomic mass is 27.0. The zero-order valence-corrected chi connectivity index (χ0v) is 8.77. The Morgan fingerprint density at radius 2 is 1.83 bits per heavy atom. The van der Waals surface area contributed by atoms with E-state index in [-0.39, 0.29) is 17.4 Å². The summed E-state index contributed by atoms with van der Waals surface area (Å²) in [6.07, 6.45) is 0.951. The van der Waals surface area contributed by atoms with E-state index in [2.05, 4.69) is 13.8 Å². The van der Waals surface area contributed by atoms with Crippen molar-refractivity contribution in [2.45, 2.75) is 20.3 Å². The lowest BCUT2D eigenvalue weighted by molar-refractivity contribution is 0.462. The molecule has 0 fully saturated rings. The summed E-state index contributed by atoms with van der Waals surface area (Å²) in [5.41, 5.74) is 1.04. The van der Waals surface area contributed by atoms with Gasteiger partial charge in [0.1, 0.15) is 5.75 Å². The molecule has 2 heteroatoms. The van der Waals surface area contributed by atoms with Crippen LogP contribution in [0, 0.1) is 5.92 Å². The first kappa shape index (κ1) is 11.6. The van der Waals surface area contributed by atoms with Gasteiger partial charge in [-0.2, -0.15) is 0 Å². The highest BCUT2D eigenvalue weighted by Gasteiger charge is 2.00. The molecule has 3 radical (unpaired) electrons. The van der Waals surface area contributed by atoms with E-state index in [9.17, 15) is 5.11 Å². The number of phenolic OH excluding ortho intramolecular Hbond substituents is 1. The summed E-state index contributed by atoms with van der Waals surface area (Å²) in [5.74, 6) is 1.02. The fraction of sp³-hybridized carbons (Fsp3) is 0.400. The van der Waals surface area contributed by atoms with Crippen LogP contribution in [-0.4, -0.2) is 22.5 Å². The van der Waals surface area contributed by atoms with E-state index in [0.29, 0.717) is 11.7 Å². The molecule has 0 unspecified atom stereocenters. The van der Waals surface area contributed by atoms with Gasteiger partial charge < -0.3 is 5.11 Å². The van der Waals surface area contributed by atoms with Gasteiger partial charge in [-0.1, -0.05) is 32.0 Å². The van der Waals surface area contributed by atoms with Crippen molar-refractivity contribution < 1.29 is 5.11 Å². The quantitative estimate of drug-likeness (QED) is 0.687. The first-order chi connectivity index (χ1) is 5.20. The number of benzene rings is 1. The Balaban J connectivity index is 0.00000121. The van der Waals surface area contributed by atoms with Crippen LogP contribution in [0.25, 0.3) is 0 Å². The average molecular weight is 177 g/mol. The molecule has 0 amide bonds. The Morgan fingerprint density at radius 3 is 2.33 bits per heavy atom. The van der Waals surface area contributed by atoms with Gasteiger partial charge in [-0.3, -0.25) is 0 Å².